The topological polar surface area (TPSA) is 68.0 Å². The summed E-state index contributed by atoms with van der Waals surface area (Å²) >= 11 is 1.76. The number of amides is 1. The van der Waals surface area contributed by atoms with Gasteiger partial charge in [-0.1, -0.05) is 6.07 Å². The highest BCUT2D eigenvalue weighted by Crippen LogP contribution is 2.27. The summed E-state index contributed by atoms with van der Waals surface area (Å²) in [4.78, 5) is 17.5. The lowest BCUT2D eigenvalue weighted by Crippen LogP contribution is -2.23. The van der Waals surface area contributed by atoms with E-state index in [2.05, 4.69) is 16.4 Å². The van der Waals surface area contributed by atoms with Crippen LogP contribution in [0.25, 0.3) is 0 Å². The standard InChI is InChI=1S/C18H21N3OS.2ClH/c19-15-4-3-14(10-15)18(22)21-16-5-7-17(8-6-16)23-12-13-2-1-9-20-11-13;;/h1-2,5-9,11,14-15H,3-4,10,12,19H2,(H,21,22);2*1H. The van der Waals surface area contributed by atoms with Gasteiger partial charge in [-0.3, -0.25) is 9.78 Å². The van der Waals surface area contributed by atoms with Gasteiger partial charge in [0.05, 0.1) is 0 Å². The summed E-state index contributed by atoms with van der Waals surface area (Å²) in [5.41, 5.74) is 7.92. The molecule has 1 amide bonds. The number of halogens is 2. The molecule has 4 nitrogen and oxygen atoms in total. The molecule has 3 N–H and O–H groups in total. The lowest BCUT2D eigenvalue weighted by Gasteiger charge is -2.11. The highest BCUT2D eigenvalue weighted by atomic mass is 35.5. The molecule has 1 saturated carbocycles. The fraction of sp³-hybridized carbons (Fsp3) is 0.333. The van der Waals surface area contributed by atoms with Crippen molar-refractivity contribution in [1.82, 2.24) is 4.98 Å². The van der Waals surface area contributed by atoms with Crippen LogP contribution in [0.1, 0.15) is 24.8 Å². The summed E-state index contributed by atoms with van der Waals surface area (Å²) in [7, 11) is 0. The maximum absolute atomic E-state index is 12.2. The Bertz CT molecular complexity index is 655. The van der Waals surface area contributed by atoms with Crippen LogP contribution in [0.3, 0.4) is 0 Å². The zero-order chi connectivity index (χ0) is 16.1. The van der Waals surface area contributed by atoms with E-state index in [1.165, 1.54) is 10.5 Å². The third kappa shape index (κ3) is 6.51. The molecule has 1 aliphatic carbocycles. The van der Waals surface area contributed by atoms with Gasteiger partial charge in [0, 0.05) is 40.7 Å². The number of rotatable bonds is 5. The molecule has 0 bridgehead atoms. The zero-order valence-electron chi connectivity index (χ0n) is 13.8. The Kier molecular flexibility index (Phi) is 9.28. The molecular formula is C18H23Cl2N3OS. The molecule has 1 aliphatic rings. The number of aromatic nitrogens is 1. The number of hydrogen-bond donors (Lipinski definition) is 2. The van der Waals surface area contributed by atoms with Crippen molar-refractivity contribution in [2.24, 2.45) is 11.7 Å². The second kappa shape index (κ2) is 10.7. The molecule has 25 heavy (non-hydrogen) atoms. The first kappa shape index (κ1) is 21.8. The van der Waals surface area contributed by atoms with Gasteiger partial charge in [0.2, 0.25) is 5.91 Å². The van der Waals surface area contributed by atoms with Crippen molar-refractivity contribution in [3.63, 3.8) is 0 Å². The van der Waals surface area contributed by atoms with Gasteiger partial charge in [-0.05, 0) is 55.2 Å². The number of nitrogens with zero attached hydrogens (tertiary/aromatic N) is 1. The van der Waals surface area contributed by atoms with Gasteiger partial charge in [-0.2, -0.15) is 0 Å². The summed E-state index contributed by atoms with van der Waals surface area (Å²) in [6.45, 7) is 0. The van der Waals surface area contributed by atoms with Gasteiger partial charge in [-0.15, -0.1) is 36.6 Å². The van der Waals surface area contributed by atoms with E-state index in [1.807, 2.05) is 36.5 Å². The van der Waals surface area contributed by atoms with Crippen LogP contribution in [-0.2, 0) is 10.5 Å². The van der Waals surface area contributed by atoms with Gasteiger partial charge in [0.25, 0.3) is 0 Å². The Morgan fingerprint density at radius 2 is 1.96 bits per heavy atom. The summed E-state index contributed by atoms with van der Waals surface area (Å²) in [6, 6.07) is 12.2. The van der Waals surface area contributed by atoms with E-state index in [-0.39, 0.29) is 42.7 Å². The summed E-state index contributed by atoms with van der Waals surface area (Å²) < 4.78 is 0. The van der Waals surface area contributed by atoms with Crippen molar-refractivity contribution in [1.29, 1.82) is 0 Å². The number of nitrogens with two attached hydrogens (primary N) is 1. The molecule has 2 aromatic rings. The van der Waals surface area contributed by atoms with E-state index >= 15 is 0 Å². The van der Waals surface area contributed by atoms with Crippen LogP contribution in [-0.4, -0.2) is 16.9 Å². The van der Waals surface area contributed by atoms with Crippen molar-refractivity contribution in [2.45, 2.75) is 36.0 Å². The van der Waals surface area contributed by atoms with Crippen LogP contribution in [0.15, 0.2) is 53.7 Å². The maximum atomic E-state index is 12.2. The first-order valence-corrected chi connectivity index (χ1v) is 8.87. The van der Waals surface area contributed by atoms with Crippen LogP contribution >= 0.6 is 36.6 Å². The first-order valence-electron chi connectivity index (χ1n) is 7.89. The molecule has 0 radical (unpaired) electrons. The van der Waals surface area contributed by atoms with Crippen molar-refractivity contribution in [2.75, 3.05) is 5.32 Å². The predicted molar refractivity (Wildman–Crippen MR) is 109 cm³/mol. The fourth-order valence-electron chi connectivity index (χ4n) is 2.78. The van der Waals surface area contributed by atoms with Gasteiger partial charge in [0.1, 0.15) is 0 Å². The van der Waals surface area contributed by atoms with Gasteiger partial charge < -0.3 is 11.1 Å². The molecule has 2 unspecified atom stereocenters. The SMILES string of the molecule is Cl.Cl.NC1CCC(C(=O)Nc2ccc(SCc3cccnc3)cc2)C1. The largest absolute Gasteiger partial charge is 0.328 e. The summed E-state index contributed by atoms with van der Waals surface area (Å²) in [6.07, 6.45) is 6.30. The smallest absolute Gasteiger partial charge is 0.227 e. The second-order valence-electron chi connectivity index (χ2n) is 5.93. The molecule has 0 saturated heterocycles. The van der Waals surface area contributed by atoms with E-state index in [1.54, 1.807) is 18.0 Å². The molecule has 136 valence electrons. The Labute approximate surface area is 165 Å². The van der Waals surface area contributed by atoms with Crippen molar-refractivity contribution < 1.29 is 4.79 Å². The van der Waals surface area contributed by atoms with E-state index in [4.69, 9.17) is 5.73 Å². The van der Waals surface area contributed by atoms with Gasteiger partial charge >= 0.3 is 0 Å². The van der Waals surface area contributed by atoms with Crippen molar-refractivity contribution in [3.05, 3.63) is 54.4 Å². The van der Waals surface area contributed by atoms with E-state index in [0.717, 1.165) is 30.7 Å². The van der Waals surface area contributed by atoms with E-state index in [0.29, 0.717) is 0 Å². The minimum atomic E-state index is 0. The van der Waals surface area contributed by atoms with Crippen LogP contribution < -0.4 is 11.1 Å². The second-order valence-corrected chi connectivity index (χ2v) is 6.98. The fourth-order valence-corrected chi connectivity index (χ4v) is 3.62. The Morgan fingerprint density at radius 3 is 2.56 bits per heavy atom. The molecule has 0 aliphatic heterocycles. The number of hydrogen-bond acceptors (Lipinski definition) is 4. The molecule has 7 heteroatoms. The minimum absolute atomic E-state index is 0. The third-order valence-corrected chi connectivity index (χ3v) is 5.18. The molecule has 2 atom stereocenters. The molecule has 1 aromatic heterocycles. The Balaban J connectivity index is 0.00000156. The van der Waals surface area contributed by atoms with E-state index < -0.39 is 0 Å². The quantitative estimate of drug-likeness (QED) is 0.735. The molecular weight excluding hydrogens is 377 g/mol. The monoisotopic (exact) mass is 399 g/mol. The number of pyridine rings is 1. The Morgan fingerprint density at radius 1 is 1.20 bits per heavy atom. The van der Waals surface area contributed by atoms with Crippen LogP contribution in [0.5, 0.6) is 0 Å². The number of carbonyl (C=O) groups is 1. The van der Waals surface area contributed by atoms with Crippen molar-refractivity contribution >= 4 is 48.2 Å². The van der Waals surface area contributed by atoms with Crippen LogP contribution in [0.4, 0.5) is 5.69 Å². The highest BCUT2D eigenvalue weighted by Gasteiger charge is 2.27. The van der Waals surface area contributed by atoms with Crippen LogP contribution in [0, 0.1) is 5.92 Å². The number of nitrogens with one attached hydrogen (secondary N) is 1. The average Bonchev–Trinajstić information content (AvgIpc) is 3.02. The molecule has 1 heterocycles. The van der Waals surface area contributed by atoms with Crippen molar-refractivity contribution in [3.8, 4) is 0 Å². The number of benzene rings is 1. The minimum Gasteiger partial charge on any atom is -0.328 e. The predicted octanol–water partition coefficient (Wildman–Crippen LogP) is 4.28. The lowest BCUT2D eigenvalue weighted by atomic mass is 10.1. The van der Waals surface area contributed by atoms with Gasteiger partial charge in [0.15, 0.2) is 0 Å². The molecule has 0 spiro atoms. The average molecular weight is 400 g/mol. The molecule has 1 fully saturated rings. The zero-order valence-corrected chi connectivity index (χ0v) is 16.2. The normalized spacial score (nSPS) is 18.8. The lowest BCUT2D eigenvalue weighted by molar-refractivity contribution is -0.119. The van der Waals surface area contributed by atoms with Gasteiger partial charge in [-0.25, -0.2) is 0 Å². The van der Waals surface area contributed by atoms with Crippen LogP contribution in [0.2, 0.25) is 0 Å². The highest BCUT2D eigenvalue weighted by molar-refractivity contribution is 7.98. The molecule has 1 aromatic carbocycles. The van der Waals surface area contributed by atoms with E-state index in [9.17, 15) is 4.79 Å². The number of thioether (sulfide) groups is 1. The molecule has 3 rings (SSSR count). The summed E-state index contributed by atoms with van der Waals surface area (Å²) in [5.74, 6) is 1.04. The summed E-state index contributed by atoms with van der Waals surface area (Å²) in [5, 5.41) is 2.99. The first-order chi connectivity index (χ1) is 11.2. The number of carbonyl (C=O) groups excluding carboxylic acids is 1. The number of anilines is 1. The third-order valence-electron chi connectivity index (χ3n) is 4.09. The maximum Gasteiger partial charge on any atom is 0.227 e. The Hall–Kier alpha value is -1.27.